The maximum Gasteiger partial charge on any atom is 0.494 e. The summed E-state index contributed by atoms with van der Waals surface area (Å²) in [6.45, 7) is 6.05. The molecule has 7 heteroatoms. The molecule has 1 fully saturated rings. The van der Waals surface area contributed by atoms with Gasteiger partial charge in [0.1, 0.15) is 5.75 Å². The minimum absolute atomic E-state index is 0.0385. The molecule has 2 aromatic rings. The van der Waals surface area contributed by atoms with Crippen LogP contribution in [0.2, 0.25) is 0 Å². The Bertz CT molecular complexity index is 646. The summed E-state index contributed by atoms with van der Waals surface area (Å²) in [5.41, 5.74) is 6.68. The number of benzene rings is 1. The molecule has 1 unspecified atom stereocenters. The molecular weight excluding hydrogens is 281 g/mol. The van der Waals surface area contributed by atoms with Crippen molar-refractivity contribution in [3.63, 3.8) is 0 Å². The van der Waals surface area contributed by atoms with E-state index in [9.17, 15) is 0 Å². The van der Waals surface area contributed by atoms with Gasteiger partial charge < -0.3 is 19.8 Å². The number of anilines is 1. The Morgan fingerprint density at radius 2 is 1.82 bits per heavy atom. The van der Waals surface area contributed by atoms with Crippen molar-refractivity contribution in [3.8, 4) is 11.8 Å². The molecule has 1 atom stereocenters. The summed E-state index contributed by atoms with van der Waals surface area (Å²) in [5.74, 6) is 0.638. The highest BCUT2D eigenvalue weighted by molar-refractivity contribution is 6.62. The molecule has 0 spiro atoms. The molecule has 1 aromatic carbocycles. The third-order valence-electron chi connectivity index (χ3n) is 3.73. The fourth-order valence-electron chi connectivity index (χ4n) is 2.07. The summed E-state index contributed by atoms with van der Waals surface area (Å²) in [6, 6.07) is 7.73. The lowest BCUT2D eigenvalue weighted by atomic mass is 9.79. The number of hydrogen-bond donors (Lipinski definition) is 1. The van der Waals surface area contributed by atoms with Crippen LogP contribution in [0.25, 0.3) is 0 Å². The van der Waals surface area contributed by atoms with E-state index < -0.39 is 0 Å². The monoisotopic (exact) mass is 299 g/mol. The molecule has 0 saturated carbocycles. The van der Waals surface area contributed by atoms with E-state index in [2.05, 4.69) is 9.97 Å². The van der Waals surface area contributed by atoms with Crippen molar-refractivity contribution in [1.82, 2.24) is 9.97 Å². The summed E-state index contributed by atoms with van der Waals surface area (Å²) >= 11 is 0. The molecule has 114 valence electrons. The van der Waals surface area contributed by atoms with Gasteiger partial charge in [-0.15, -0.1) is 0 Å². The molecule has 3 rings (SSSR count). The number of nitrogens with zero attached hydrogens (tertiary/aromatic N) is 2. The number of rotatable bonds is 3. The van der Waals surface area contributed by atoms with E-state index in [-0.39, 0.29) is 24.8 Å². The number of nitrogens with two attached hydrogens (primary N) is 1. The van der Waals surface area contributed by atoms with E-state index in [4.69, 9.17) is 19.8 Å². The molecule has 1 saturated heterocycles. The highest BCUT2D eigenvalue weighted by Crippen LogP contribution is 2.27. The molecule has 1 aromatic heterocycles. The minimum Gasteiger partial charge on any atom is -0.424 e. The highest BCUT2D eigenvalue weighted by Gasteiger charge is 2.43. The Balaban J connectivity index is 1.69. The highest BCUT2D eigenvalue weighted by atomic mass is 16.7. The van der Waals surface area contributed by atoms with E-state index in [0.717, 1.165) is 5.46 Å². The van der Waals surface area contributed by atoms with E-state index >= 15 is 0 Å². The van der Waals surface area contributed by atoms with Crippen molar-refractivity contribution >= 4 is 18.3 Å². The zero-order valence-electron chi connectivity index (χ0n) is 12.8. The van der Waals surface area contributed by atoms with Gasteiger partial charge >= 0.3 is 13.1 Å². The summed E-state index contributed by atoms with van der Waals surface area (Å²) in [5, 5.41) is 0. The summed E-state index contributed by atoms with van der Waals surface area (Å²) in [7, 11) is -0.355. The molecule has 0 bridgehead atoms. The summed E-state index contributed by atoms with van der Waals surface area (Å²) in [6.07, 6.45) is 3.04. The van der Waals surface area contributed by atoms with Gasteiger partial charge in [-0.25, -0.2) is 9.97 Å². The second-order valence-electron chi connectivity index (χ2n) is 5.80. The maximum absolute atomic E-state index is 5.92. The fraction of sp³-hybridized carbons (Fsp3) is 0.333. The van der Waals surface area contributed by atoms with Crippen LogP contribution in [0, 0.1) is 0 Å². The average molecular weight is 299 g/mol. The van der Waals surface area contributed by atoms with Crippen LogP contribution in [0.5, 0.6) is 11.8 Å². The van der Waals surface area contributed by atoms with Crippen molar-refractivity contribution in [1.29, 1.82) is 0 Å². The second-order valence-corrected chi connectivity index (χ2v) is 5.80. The zero-order chi connectivity index (χ0) is 15.7. The van der Waals surface area contributed by atoms with Gasteiger partial charge in [0.25, 0.3) is 0 Å². The smallest absolute Gasteiger partial charge is 0.424 e. The number of hydrogen-bond acceptors (Lipinski definition) is 6. The van der Waals surface area contributed by atoms with Crippen LogP contribution in [0.15, 0.2) is 36.7 Å². The van der Waals surface area contributed by atoms with Crippen molar-refractivity contribution in [2.24, 2.45) is 0 Å². The Kier molecular flexibility index (Phi) is 3.76. The Hall–Kier alpha value is -2.12. The SMILES string of the molecule is CC1OB(c2ccc(Oc3ncc(N)cn3)cc2)OC1(C)C. The van der Waals surface area contributed by atoms with Crippen LogP contribution < -0.4 is 15.9 Å². The third-order valence-corrected chi connectivity index (χ3v) is 3.73. The van der Waals surface area contributed by atoms with Crippen LogP contribution in [0.1, 0.15) is 20.8 Å². The molecular formula is C15H18BN3O3. The van der Waals surface area contributed by atoms with Crippen molar-refractivity contribution in [2.45, 2.75) is 32.5 Å². The Labute approximate surface area is 129 Å². The first-order valence-electron chi connectivity index (χ1n) is 7.13. The summed E-state index contributed by atoms with van der Waals surface area (Å²) in [4.78, 5) is 7.99. The lowest BCUT2D eigenvalue weighted by Gasteiger charge is -2.21. The quantitative estimate of drug-likeness (QED) is 0.870. The van der Waals surface area contributed by atoms with Gasteiger partial charge in [0.15, 0.2) is 0 Å². The van der Waals surface area contributed by atoms with Crippen LogP contribution in [0.3, 0.4) is 0 Å². The van der Waals surface area contributed by atoms with E-state index in [1.165, 1.54) is 12.4 Å². The average Bonchev–Trinajstić information content (AvgIpc) is 2.76. The predicted molar refractivity (Wildman–Crippen MR) is 84.1 cm³/mol. The molecule has 0 radical (unpaired) electrons. The molecule has 22 heavy (non-hydrogen) atoms. The molecule has 0 amide bonds. The summed E-state index contributed by atoms with van der Waals surface area (Å²) < 4.78 is 17.3. The van der Waals surface area contributed by atoms with Gasteiger partial charge in [-0.1, -0.05) is 12.1 Å². The lowest BCUT2D eigenvalue weighted by Crippen LogP contribution is -2.34. The standard InChI is InChI=1S/C15H18BN3O3/c1-10-15(2,3)22-16(21-10)11-4-6-13(7-5-11)20-14-18-8-12(17)9-19-14/h4-10H,17H2,1-3H3. The Morgan fingerprint density at radius 1 is 1.18 bits per heavy atom. The molecule has 1 aliphatic rings. The normalized spacial score (nSPS) is 20.1. The molecule has 1 aliphatic heterocycles. The first-order valence-corrected chi connectivity index (χ1v) is 7.13. The van der Waals surface area contributed by atoms with Crippen molar-refractivity contribution in [3.05, 3.63) is 36.7 Å². The second kappa shape index (κ2) is 5.59. The van der Waals surface area contributed by atoms with Gasteiger partial charge in [-0.05, 0) is 38.4 Å². The molecule has 0 aliphatic carbocycles. The van der Waals surface area contributed by atoms with Crippen LogP contribution in [-0.2, 0) is 9.31 Å². The first-order chi connectivity index (χ1) is 10.4. The maximum atomic E-state index is 5.92. The third kappa shape index (κ3) is 3.05. The van der Waals surface area contributed by atoms with E-state index in [1.807, 2.05) is 45.0 Å². The first kappa shape index (κ1) is 14.8. The van der Waals surface area contributed by atoms with Crippen LogP contribution in [-0.4, -0.2) is 28.8 Å². The number of ether oxygens (including phenoxy) is 1. The van der Waals surface area contributed by atoms with Gasteiger partial charge in [0.2, 0.25) is 0 Å². The van der Waals surface area contributed by atoms with E-state index in [0.29, 0.717) is 11.4 Å². The molecule has 6 nitrogen and oxygen atoms in total. The number of nitrogen functional groups attached to an aromatic ring is 1. The van der Waals surface area contributed by atoms with Gasteiger partial charge in [-0.2, -0.15) is 0 Å². The molecule has 2 heterocycles. The lowest BCUT2D eigenvalue weighted by molar-refractivity contribution is 0.0842. The van der Waals surface area contributed by atoms with E-state index in [1.54, 1.807) is 0 Å². The van der Waals surface area contributed by atoms with Crippen molar-refractivity contribution in [2.75, 3.05) is 5.73 Å². The van der Waals surface area contributed by atoms with Gasteiger partial charge in [0, 0.05) is 0 Å². The van der Waals surface area contributed by atoms with Crippen molar-refractivity contribution < 1.29 is 14.0 Å². The van der Waals surface area contributed by atoms with Crippen LogP contribution >= 0.6 is 0 Å². The fourth-order valence-corrected chi connectivity index (χ4v) is 2.07. The topological polar surface area (TPSA) is 79.5 Å². The number of aromatic nitrogens is 2. The predicted octanol–water partition coefficient (Wildman–Crippen LogP) is 1.76. The van der Waals surface area contributed by atoms with Gasteiger partial charge in [0.05, 0.1) is 29.8 Å². The molecule has 2 N–H and O–H groups in total. The van der Waals surface area contributed by atoms with Gasteiger partial charge in [-0.3, -0.25) is 0 Å². The minimum atomic E-state index is -0.355. The Morgan fingerprint density at radius 3 is 2.36 bits per heavy atom. The largest absolute Gasteiger partial charge is 0.494 e. The van der Waals surface area contributed by atoms with Crippen LogP contribution in [0.4, 0.5) is 5.69 Å². The zero-order valence-corrected chi connectivity index (χ0v) is 12.8.